The van der Waals surface area contributed by atoms with Crippen molar-refractivity contribution in [3.63, 3.8) is 0 Å². The van der Waals surface area contributed by atoms with E-state index in [0.717, 1.165) is 6.07 Å². The molecule has 0 N–H and O–H groups in total. The molecule has 4 heteroatoms. The van der Waals surface area contributed by atoms with E-state index in [1.807, 2.05) is 0 Å². The maximum atomic E-state index is 13.5. The van der Waals surface area contributed by atoms with Crippen molar-refractivity contribution in [2.75, 3.05) is 0 Å². The summed E-state index contributed by atoms with van der Waals surface area (Å²) in [5.41, 5.74) is 1.09. The van der Waals surface area contributed by atoms with Crippen molar-refractivity contribution in [3.8, 4) is 0 Å². The molecular weight excluding hydrogens is 270 g/mol. The monoisotopic (exact) mass is 280 g/mol. The van der Waals surface area contributed by atoms with E-state index in [-0.39, 0.29) is 23.3 Å². The first-order valence-corrected chi connectivity index (χ1v) is 6.08. The molecule has 1 nitrogen and oxygen atoms in total. The highest BCUT2D eigenvalue weighted by Gasteiger charge is 2.12. The van der Waals surface area contributed by atoms with Crippen LogP contribution in [0.2, 0.25) is 5.02 Å². The molecule has 0 aliphatic carbocycles. The maximum Gasteiger partial charge on any atom is 0.167 e. The van der Waals surface area contributed by atoms with Crippen LogP contribution in [0.15, 0.2) is 36.4 Å². The lowest BCUT2D eigenvalue weighted by atomic mass is 10.0. The molecule has 0 aromatic heterocycles. The summed E-state index contributed by atoms with van der Waals surface area (Å²) in [4.78, 5) is 12.0. The van der Waals surface area contributed by atoms with Crippen LogP contribution in [0.3, 0.4) is 0 Å². The molecule has 0 unspecified atom stereocenters. The summed E-state index contributed by atoms with van der Waals surface area (Å²) >= 11 is 5.76. The van der Waals surface area contributed by atoms with Crippen LogP contribution >= 0.6 is 11.6 Å². The van der Waals surface area contributed by atoms with Gasteiger partial charge in [-0.05, 0) is 54.4 Å². The van der Waals surface area contributed by atoms with E-state index < -0.39 is 11.6 Å². The summed E-state index contributed by atoms with van der Waals surface area (Å²) in [6, 6.07) is 8.09. The lowest BCUT2D eigenvalue weighted by molar-refractivity contribution is 0.0991. The van der Waals surface area contributed by atoms with Crippen molar-refractivity contribution < 1.29 is 13.6 Å². The Kier molecular flexibility index (Phi) is 3.96. The lowest BCUT2D eigenvalue weighted by Gasteiger charge is -2.05. The zero-order valence-electron chi connectivity index (χ0n) is 10.2. The van der Waals surface area contributed by atoms with E-state index in [1.54, 1.807) is 13.0 Å². The van der Waals surface area contributed by atoms with Crippen LogP contribution in [-0.4, -0.2) is 5.78 Å². The van der Waals surface area contributed by atoms with Gasteiger partial charge in [0.1, 0.15) is 11.6 Å². The van der Waals surface area contributed by atoms with Crippen LogP contribution in [0.5, 0.6) is 0 Å². The second-order valence-electron chi connectivity index (χ2n) is 4.35. The average Bonchev–Trinajstić information content (AvgIpc) is 2.32. The van der Waals surface area contributed by atoms with Crippen molar-refractivity contribution in [1.29, 1.82) is 0 Å². The summed E-state index contributed by atoms with van der Waals surface area (Å²) in [5.74, 6) is -1.32. The Morgan fingerprint density at radius 2 is 1.89 bits per heavy atom. The highest BCUT2D eigenvalue weighted by Crippen LogP contribution is 2.18. The second-order valence-corrected chi connectivity index (χ2v) is 4.79. The summed E-state index contributed by atoms with van der Waals surface area (Å²) in [6.45, 7) is 1.69. The predicted molar refractivity (Wildman–Crippen MR) is 70.6 cm³/mol. The van der Waals surface area contributed by atoms with Crippen molar-refractivity contribution in [3.05, 3.63) is 69.7 Å². The van der Waals surface area contributed by atoms with E-state index in [4.69, 9.17) is 11.6 Å². The van der Waals surface area contributed by atoms with Gasteiger partial charge in [-0.15, -0.1) is 0 Å². The Hall–Kier alpha value is -1.74. The Labute approximate surface area is 114 Å². The largest absolute Gasteiger partial charge is 0.294 e. The molecule has 19 heavy (non-hydrogen) atoms. The van der Waals surface area contributed by atoms with Gasteiger partial charge >= 0.3 is 0 Å². The quantitative estimate of drug-likeness (QED) is 0.764. The molecule has 2 aromatic carbocycles. The van der Waals surface area contributed by atoms with Gasteiger partial charge in [-0.2, -0.15) is 0 Å². The number of hydrogen-bond donors (Lipinski definition) is 0. The van der Waals surface area contributed by atoms with E-state index >= 15 is 0 Å². The van der Waals surface area contributed by atoms with Gasteiger partial charge in [-0.3, -0.25) is 4.79 Å². The molecule has 0 saturated carbocycles. The van der Waals surface area contributed by atoms with E-state index in [2.05, 4.69) is 0 Å². The Morgan fingerprint density at radius 1 is 1.16 bits per heavy atom. The van der Waals surface area contributed by atoms with Crippen molar-refractivity contribution >= 4 is 17.4 Å². The molecule has 98 valence electrons. The number of rotatable bonds is 3. The van der Waals surface area contributed by atoms with E-state index in [9.17, 15) is 13.6 Å². The highest BCUT2D eigenvalue weighted by molar-refractivity contribution is 6.30. The summed E-state index contributed by atoms with van der Waals surface area (Å²) in [6.07, 6.45) is -0.144. The number of Topliss-reactive ketones (excluding diaryl/α,β-unsaturated/α-hetero) is 1. The lowest BCUT2D eigenvalue weighted by Crippen LogP contribution is -2.06. The number of carbonyl (C=O) groups is 1. The molecule has 0 radical (unpaired) electrons. The number of hydrogen-bond acceptors (Lipinski definition) is 1. The third-order valence-corrected chi connectivity index (χ3v) is 2.96. The maximum absolute atomic E-state index is 13.5. The van der Waals surface area contributed by atoms with Crippen molar-refractivity contribution in [1.82, 2.24) is 0 Å². The molecule has 2 aromatic rings. The normalized spacial score (nSPS) is 10.5. The molecule has 2 rings (SSSR count). The van der Waals surface area contributed by atoms with Gasteiger partial charge in [0, 0.05) is 17.0 Å². The fraction of sp³-hybridized carbons (Fsp3) is 0.133. The number of carbonyl (C=O) groups excluding carboxylic acids is 1. The first kappa shape index (κ1) is 13.7. The van der Waals surface area contributed by atoms with Gasteiger partial charge in [-0.1, -0.05) is 11.6 Å². The van der Waals surface area contributed by atoms with Gasteiger partial charge in [0.25, 0.3) is 0 Å². The van der Waals surface area contributed by atoms with Crippen molar-refractivity contribution in [2.45, 2.75) is 13.3 Å². The fourth-order valence-corrected chi connectivity index (χ4v) is 2.05. The summed E-state index contributed by atoms with van der Waals surface area (Å²) < 4.78 is 26.7. The van der Waals surface area contributed by atoms with Crippen LogP contribution in [0, 0.1) is 18.6 Å². The number of ketones is 1. The highest BCUT2D eigenvalue weighted by atomic mass is 35.5. The predicted octanol–water partition coefficient (Wildman–Crippen LogP) is 4.35. The molecule has 0 aliphatic heterocycles. The molecule has 0 bridgehead atoms. The zero-order chi connectivity index (χ0) is 14.0. The molecule has 0 amide bonds. The zero-order valence-corrected chi connectivity index (χ0v) is 11.0. The minimum absolute atomic E-state index is 0.144. The Bertz CT molecular complexity index is 618. The Balaban J connectivity index is 2.28. The first-order valence-electron chi connectivity index (χ1n) is 5.70. The van der Waals surface area contributed by atoms with Gasteiger partial charge in [0.05, 0.1) is 0 Å². The minimum atomic E-state index is -0.495. The van der Waals surface area contributed by atoms with Crippen LogP contribution in [0.25, 0.3) is 0 Å². The average molecular weight is 281 g/mol. The van der Waals surface area contributed by atoms with Gasteiger partial charge in [-0.25, -0.2) is 8.78 Å². The van der Waals surface area contributed by atoms with Gasteiger partial charge in [0.2, 0.25) is 0 Å². The molecule has 0 atom stereocenters. The Morgan fingerprint density at radius 3 is 2.58 bits per heavy atom. The third kappa shape index (κ3) is 3.38. The minimum Gasteiger partial charge on any atom is -0.294 e. The summed E-state index contributed by atoms with van der Waals surface area (Å²) in [7, 11) is 0. The van der Waals surface area contributed by atoms with Crippen LogP contribution in [0.1, 0.15) is 21.5 Å². The number of halogens is 3. The molecule has 0 aliphatic rings. The van der Waals surface area contributed by atoms with Crippen LogP contribution in [0.4, 0.5) is 8.78 Å². The molecule has 0 fully saturated rings. The molecule has 0 saturated heterocycles. The van der Waals surface area contributed by atoms with Gasteiger partial charge in [0.15, 0.2) is 5.78 Å². The molecular formula is C15H11ClF2O. The van der Waals surface area contributed by atoms with E-state index in [1.165, 1.54) is 24.3 Å². The second kappa shape index (κ2) is 5.49. The number of benzene rings is 2. The topological polar surface area (TPSA) is 17.1 Å². The van der Waals surface area contributed by atoms with Crippen LogP contribution in [-0.2, 0) is 6.42 Å². The fourth-order valence-electron chi connectivity index (χ4n) is 1.85. The smallest absolute Gasteiger partial charge is 0.167 e. The standard InChI is InChI=1S/C15H11ClF2O/c1-9-4-11(7-13(17)5-9)15(19)8-10-6-12(16)2-3-14(10)18/h2-7H,8H2,1H3. The third-order valence-electron chi connectivity index (χ3n) is 2.72. The molecule has 0 heterocycles. The first-order chi connectivity index (χ1) is 8.95. The van der Waals surface area contributed by atoms with E-state index in [0.29, 0.717) is 10.6 Å². The van der Waals surface area contributed by atoms with Crippen LogP contribution < -0.4 is 0 Å². The summed E-state index contributed by atoms with van der Waals surface area (Å²) in [5, 5.41) is 0.361. The SMILES string of the molecule is Cc1cc(F)cc(C(=O)Cc2cc(Cl)ccc2F)c1. The van der Waals surface area contributed by atoms with Gasteiger partial charge < -0.3 is 0 Å². The van der Waals surface area contributed by atoms with Crippen molar-refractivity contribution in [2.24, 2.45) is 0 Å². The molecule has 0 spiro atoms. The number of aryl methyl sites for hydroxylation is 1.